The van der Waals surface area contributed by atoms with Crippen LogP contribution in [-0.2, 0) is 17.8 Å². The Labute approximate surface area is 118 Å². The van der Waals surface area contributed by atoms with Gasteiger partial charge in [-0.3, -0.25) is 4.90 Å². The SMILES string of the molecule is CNCc1ccc(CN2CCOCC2C)c(Br)c1. The van der Waals surface area contributed by atoms with Crippen molar-refractivity contribution in [2.45, 2.75) is 26.1 Å². The number of hydrogen-bond donors (Lipinski definition) is 1. The van der Waals surface area contributed by atoms with Crippen molar-refractivity contribution in [3.8, 4) is 0 Å². The first-order chi connectivity index (χ1) is 8.70. The average Bonchev–Trinajstić information content (AvgIpc) is 2.35. The van der Waals surface area contributed by atoms with Crippen molar-refractivity contribution in [1.82, 2.24) is 10.2 Å². The van der Waals surface area contributed by atoms with Crippen LogP contribution in [0.15, 0.2) is 22.7 Å². The minimum Gasteiger partial charge on any atom is -0.379 e. The second-order valence-electron chi connectivity index (χ2n) is 4.85. The molecule has 1 atom stereocenters. The van der Waals surface area contributed by atoms with Crippen LogP contribution < -0.4 is 5.32 Å². The van der Waals surface area contributed by atoms with E-state index in [1.165, 1.54) is 15.6 Å². The Kier molecular flexibility index (Phi) is 5.18. The first-order valence-electron chi connectivity index (χ1n) is 6.44. The zero-order valence-electron chi connectivity index (χ0n) is 11.1. The average molecular weight is 313 g/mol. The third kappa shape index (κ3) is 3.54. The Bertz CT molecular complexity index is 397. The second kappa shape index (κ2) is 6.66. The van der Waals surface area contributed by atoms with Crippen LogP contribution in [0.4, 0.5) is 0 Å². The number of nitrogens with zero attached hydrogens (tertiary/aromatic N) is 1. The van der Waals surface area contributed by atoms with Gasteiger partial charge in [-0.2, -0.15) is 0 Å². The minimum absolute atomic E-state index is 0.502. The summed E-state index contributed by atoms with van der Waals surface area (Å²) in [5.41, 5.74) is 2.66. The third-order valence-electron chi connectivity index (χ3n) is 3.38. The maximum Gasteiger partial charge on any atom is 0.0619 e. The molecular formula is C14H21BrN2O. The lowest BCUT2D eigenvalue weighted by molar-refractivity contribution is -0.00445. The van der Waals surface area contributed by atoms with Crippen molar-refractivity contribution < 1.29 is 4.74 Å². The molecule has 0 spiro atoms. The van der Waals surface area contributed by atoms with Gasteiger partial charge in [-0.25, -0.2) is 0 Å². The molecule has 1 aliphatic rings. The Hall–Kier alpha value is -0.420. The lowest BCUT2D eigenvalue weighted by Crippen LogP contribution is -2.42. The number of rotatable bonds is 4. The fourth-order valence-electron chi connectivity index (χ4n) is 2.25. The zero-order valence-corrected chi connectivity index (χ0v) is 12.7. The molecule has 1 N–H and O–H groups in total. The smallest absolute Gasteiger partial charge is 0.0619 e. The third-order valence-corrected chi connectivity index (χ3v) is 4.12. The summed E-state index contributed by atoms with van der Waals surface area (Å²) in [6.45, 7) is 6.83. The highest BCUT2D eigenvalue weighted by atomic mass is 79.9. The number of benzene rings is 1. The molecule has 0 amide bonds. The molecule has 1 fully saturated rings. The summed E-state index contributed by atoms with van der Waals surface area (Å²) in [6.07, 6.45) is 0. The molecule has 1 saturated heterocycles. The van der Waals surface area contributed by atoms with Crippen LogP contribution in [0.1, 0.15) is 18.1 Å². The van der Waals surface area contributed by atoms with E-state index in [9.17, 15) is 0 Å². The van der Waals surface area contributed by atoms with Crippen molar-refractivity contribution in [3.63, 3.8) is 0 Å². The summed E-state index contributed by atoms with van der Waals surface area (Å²) in [7, 11) is 1.97. The summed E-state index contributed by atoms with van der Waals surface area (Å²) in [6, 6.07) is 7.13. The van der Waals surface area contributed by atoms with Crippen LogP contribution in [-0.4, -0.2) is 37.7 Å². The van der Waals surface area contributed by atoms with Gasteiger partial charge in [-0.05, 0) is 31.2 Å². The highest BCUT2D eigenvalue weighted by Gasteiger charge is 2.19. The lowest BCUT2D eigenvalue weighted by atomic mass is 10.1. The molecule has 18 heavy (non-hydrogen) atoms. The molecule has 0 saturated carbocycles. The Morgan fingerprint density at radius 3 is 3.00 bits per heavy atom. The van der Waals surface area contributed by atoms with Crippen LogP contribution in [0.5, 0.6) is 0 Å². The van der Waals surface area contributed by atoms with Gasteiger partial charge in [0.1, 0.15) is 0 Å². The minimum atomic E-state index is 0.502. The normalized spacial score (nSPS) is 21.2. The summed E-state index contributed by atoms with van der Waals surface area (Å²) < 4.78 is 6.67. The van der Waals surface area contributed by atoms with Gasteiger partial charge >= 0.3 is 0 Å². The molecular weight excluding hydrogens is 292 g/mol. The summed E-state index contributed by atoms with van der Waals surface area (Å²) >= 11 is 3.68. The van der Waals surface area contributed by atoms with Crippen molar-refractivity contribution in [1.29, 1.82) is 0 Å². The maximum atomic E-state index is 5.47. The predicted octanol–water partition coefficient (Wildman–Crippen LogP) is 2.39. The van der Waals surface area contributed by atoms with E-state index in [2.05, 4.69) is 51.3 Å². The fourth-order valence-corrected chi connectivity index (χ4v) is 2.80. The fraction of sp³-hybridized carbons (Fsp3) is 0.571. The summed E-state index contributed by atoms with van der Waals surface area (Å²) in [4.78, 5) is 2.47. The monoisotopic (exact) mass is 312 g/mol. The molecule has 0 aromatic heterocycles. The number of nitrogens with one attached hydrogen (secondary N) is 1. The molecule has 3 nitrogen and oxygen atoms in total. The van der Waals surface area contributed by atoms with Crippen LogP contribution in [0, 0.1) is 0 Å². The standard InChI is InChI=1S/C14H21BrN2O/c1-11-10-18-6-5-17(11)9-13-4-3-12(8-16-2)7-14(13)15/h3-4,7,11,16H,5-6,8-10H2,1-2H3. The van der Waals surface area contributed by atoms with Crippen LogP contribution >= 0.6 is 15.9 Å². The van der Waals surface area contributed by atoms with Crippen LogP contribution in [0.25, 0.3) is 0 Å². The van der Waals surface area contributed by atoms with Crippen molar-refractivity contribution in [2.24, 2.45) is 0 Å². The molecule has 4 heteroatoms. The van der Waals surface area contributed by atoms with Gasteiger partial charge in [0.25, 0.3) is 0 Å². The van der Waals surface area contributed by atoms with Gasteiger partial charge in [0.15, 0.2) is 0 Å². The van der Waals surface area contributed by atoms with E-state index in [1.54, 1.807) is 0 Å². The van der Waals surface area contributed by atoms with Gasteiger partial charge in [0, 0.05) is 30.1 Å². The topological polar surface area (TPSA) is 24.5 Å². The molecule has 0 radical (unpaired) electrons. The summed E-state index contributed by atoms with van der Waals surface area (Å²) in [5.74, 6) is 0. The van der Waals surface area contributed by atoms with Gasteiger partial charge in [-0.1, -0.05) is 28.1 Å². The van der Waals surface area contributed by atoms with Crippen molar-refractivity contribution >= 4 is 15.9 Å². The van der Waals surface area contributed by atoms with E-state index in [0.29, 0.717) is 6.04 Å². The lowest BCUT2D eigenvalue weighted by Gasteiger charge is -2.33. The molecule has 1 aromatic carbocycles. The van der Waals surface area contributed by atoms with E-state index in [0.717, 1.165) is 32.8 Å². The molecule has 1 aliphatic heterocycles. The van der Waals surface area contributed by atoms with Gasteiger partial charge in [-0.15, -0.1) is 0 Å². The number of halogens is 1. The van der Waals surface area contributed by atoms with E-state index in [1.807, 2.05) is 7.05 Å². The van der Waals surface area contributed by atoms with E-state index in [4.69, 9.17) is 4.74 Å². The van der Waals surface area contributed by atoms with Crippen LogP contribution in [0.2, 0.25) is 0 Å². The van der Waals surface area contributed by atoms with Crippen LogP contribution in [0.3, 0.4) is 0 Å². The second-order valence-corrected chi connectivity index (χ2v) is 5.70. The highest BCUT2D eigenvalue weighted by molar-refractivity contribution is 9.10. The van der Waals surface area contributed by atoms with Gasteiger partial charge in [0.05, 0.1) is 13.2 Å². The molecule has 2 rings (SSSR count). The first-order valence-corrected chi connectivity index (χ1v) is 7.23. The van der Waals surface area contributed by atoms with E-state index in [-0.39, 0.29) is 0 Å². The molecule has 1 unspecified atom stereocenters. The Morgan fingerprint density at radius 1 is 1.50 bits per heavy atom. The number of ether oxygens (including phenoxy) is 1. The number of morpholine rings is 1. The summed E-state index contributed by atoms with van der Waals surface area (Å²) in [5, 5.41) is 3.17. The number of hydrogen-bond acceptors (Lipinski definition) is 3. The molecule has 0 aliphatic carbocycles. The van der Waals surface area contributed by atoms with Crippen molar-refractivity contribution in [2.75, 3.05) is 26.8 Å². The maximum absolute atomic E-state index is 5.47. The molecule has 1 heterocycles. The quantitative estimate of drug-likeness (QED) is 0.924. The van der Waals surface area contributed by atoms with Gasteiger partial charge in [0.2, 0.25) is 0 Å². The Balaban J connectivity index is 2.04. The first kappa shape index (κ1) is 14.0. The van der Waals surface area contributed by atoms with E-state index >= 15 is 0 Å². The highest BCUT2D eigenvalue weighted by Crippen LogP contribution is 2.22. The molecule has 1 aromatic rings. The largest absolute Gasteiger partial charge is 0.379 e. The zero-order chi connectivity index (χ0) is 13.0. The van der Waals surface area contributed by atoms with E-state index < -0.39 is 0 Å². The molecule has 0 bridgehead atoms. The Morgan fingerprint density at radius 2 is 2.33 bits per heavy atom. The molecule has 100 valence electrons. The van der Waals surface area contributed by atoms with Crippen molar-refractivity contribution in [3.05, 3.63) is 33.8 Å². The predicted molar refractivity (Wildman–Crippen MR) is 77.6 cm³/mol. The van der Waals surface area contributed by atoms with Gasteiger partial charge < -0.3 is 10.1 Å².